The summed E-state index contributed by atoms with van der Waals surface area (Å²) in [7, 11) is 0. The summed E-state index contributed by atoms with van der Waals surface area (Å²) in [6.45, 7) is 8.41. The molecular weight excluding hydrogens is 261 g/mol. The van der Waals surface area contributed by atoms with Gasteiger partial charge in [0.15, 0.2) is 0 Å². The number of benzene rings is 1. The Kier molecular flexibility index (Phi) is 5.11. The molecule has 21 heavy (non-hydrogen) atoms. The molecule has 0 radical (unpaired) electrons. The number of hydrogen-bond acceptors (Lipinski definition) is 1. The van der Waals surface area contributed by atoms with E-state index in [1.165, 1.54) is 5.56 Å². The van der Waals surface area contributed by atoms with Crippen molar-refractivity contribution in [2.75, 3.05) is 0 Å². The van der Waals surface area contributed by atoms with Crippen molar-refractivity contribution in [3.8, 4) is 0 Å². The van der Waals surface area contributed by atoms with Gasteiger partial charge in [0.25, 0.3) is 0 Å². The Bertz CT molecular complexity index is 589. The van der Waals surface area contributed by atoms with Crippen molar-refractivity contribution in [2.45, 2.75) is 52.4 Å². The summed E-state index contributed by atoms with van der Waals surface area (Å²) < 4.78 is 14.0. The van der Waals surface area contributed by atoms with Gasteiger partial charge in [-0.25, -0.2) is 4.39 Å². The van der Waals surface area contributed by atoms with Gasteiger partial charge in [0, 0.05) is 11.9 Å². The van der Waals surface area contributed by atoms with Crippen molar-refractivity contribution in [1.29, 1.82) is 0 Å². The van der Waals surface area contributed by atoms with Crippen LogP contribution in [0.2, 0.25) is 0 Å². The number of pyridine rings is 1. The van der Waals surface area contributed by atoms with Crippen LogP contribution in [0.1, 0.15) is 61.9 Å². The molecule has 2 atom stereocenters. The summed E-state index contributed by atoms with van der Waals surface area (Å²) in [5, 5.41) is 0. The summed E-state index contributed by atoms with van der Waals surface area (Å²) in [5.41, 5.74) is 4.15. The molecule has 0 amide bonds. The first-order valence-electron chi connectivity index (χ1n) is 7.79. The molecule has 0 aliphatic rings. The van der Waals surface area contributed by atoms with Crippen LogP contribution < -0.4 is 0 Å². The fraction of sp³-hybridized carbons (Fsp3) is 0.421. The van der Waals surface area contributed by atoms with Crippen molar-refractivity contribution in [2.24, 2.45) is 0 Å². The number of nitrogens with zero attached hydrogens (tertiary/aromatic N) is 1. The quantitative estimate of drug-likeness (QED) is 0.731. The van der Waals surface area contributed by atoms with Gasteiger partial charge < -0.3 is 0 Å². The second-order valence-corrected chi connectivity index (χ2v) is 5.72. The molecule has 2 rings (SSSR count). The van der Waals surface area contributed by atoms with Gasteiger partial charge in [0.1, 0.15) is 5.82 Å². The highest BCUT2D eigenvalue weighted by Gasteiger charge is 2.17. The van der Waals surface area contributed by atoms with E-state index in [0.29, 0.717) is 5.92 Å². The Balaban J connectivity index is 2.21. The first-order chi connectivity index (χ1) is 10.1. The van der Waals surface area contributed by atoms with Crippen molar-refractivity contribution < 1.29 is 4.39 Å². The predicted octanol–water partition coefficient (Wildman–Crippen LogP) is 5.25. The van der Waals surface area contributed by atoms with Crippen LogP contribution in [0.3, 0.4) is 0 Å². The van der Waals surface area contributed by atoms with E-state index in [0.717, 1.165) is 29.7 Å². The minimum absolute atomic E-state index is 0.0893. The maximum Gasteiger partial charge on any atom is 0.126 e. The third kappa shape index (κ3) is 3.49. The van der Waals surface area contributed by atoms with Crippen LogP contribution in [-0.4, -0.2) is 4.98 Å². The Labute approximate surface area is 127 Å². The first kappa shape index (κ1) is 15.7. The number of hydrogen-bond donors (Lipinski definition) is 0. The van der Waals surface area contributed by atoms with E-state index in [1.807, 2.05) is 19.2 Å². The maximum absolute atomic E-state index is 14.0. The number of aromatic nitrogens is 1. The molecule has 0 spiro atoms. The maximum atomic E-state index is 14.0. The van der Waals surface area contributed by atoms with Crippen molar-refractivity contribution in [3.63, 3.8) is 0 Å². The summed E-state index contributed by atoms with van der Waals surface area (Å²) >= 11 is 0. The molecule has 0 bridgehead atoms. The van der Waals surface area contributed by atoms with E-state index >= 15 is 0 Å². The second-order valence-electron chi connectivity index (χ2n) is 5.72. The topological polar surface area (TPSA) is 12.9 Å². The Morgan fingerprint density at radius 1 is 0.952 bits per heavy atom. The zero-order valence-electron chi connectivity index (χ0n) is 13.4. The lowest BCUT2D eigenvalue weighted by molar-refractivity contribution is 0.589. The van der Waals surface area contributed by atoms with Crippen molar-refractivity contribution in [3.05, 3.63) is 64.7 Å². The predicted molar refractivity (Wildman–Crippen MR) is 86.2 cm³/mol. The van der Waals surface area contributed by atoms with Gasteiger partial charge in [-0.15, -0.1) is 0 Å². The number of rotatable bonds is 5. The minimum atomic E-state index is -0.0893. The molecule has 1 heterocycles. The number of halogens is 1. The molecule has 0 aliphatic carbocycles. The van der Waals surface area contributed by atoms with Crippen LogP contribution in [-0.2, 0) is 12.8 Å². The Morgan fingerprint density at radius 2 is 1.62 bits per heavy atom. The lowest BCUT2D eigenvalue weighted by atomic mass is 9.84. The summed E-state index contributed by atoms with van der Waals surface area (Å²) in [6.07, 6.45) is 3.64. The summed E-state index contributed by atoms with van der Waals surface area (Å²) in [4.78, 5) is 4.47. The van der Waals surface area contributed by atoms with Crippen LogP contribution >= 0.6 is 0 Å². The van der Waals surface area contributed by atoms with Crippen molar-refractivity contribution in [1.82, 2.24) is 4.98 Å². The van der Waals surface area contributed by atoms with Crippen LogP contribution in [0, 0.1) is 5.82 Å². The zero-order valence-corrected chi connectivity index (χ0v) is 13.4. The highest BCUT2D eigenvalue weighted by Crippen LogP contribution is 2.32. The Hall–Kier alpha value is -1.70. The molecule has 1 aromatic carbocycles. The molecular formula is C19H24FN. The third-order valence-electron chi connectivity index (χ3n) is 4.47. The lowest BCUT2D eigenvalue weighted by Crippen LogP contribution is -2.06. The van der Waals surface area contributed by atoms with Crippen LogP contribution in [0.15, 0.2) is 36.5 Å². The number of aryl methyl sites for hydroxylation is 2. The van der Waals surface area contributed by atoms with Crippen molar-refractivity contribution >= 4 is 0 Å². The largest absolute Gasteiger partial charge is 0.261 e. The van der Waals surface area contributed by atoms with Crippen LogP contribution in [0.4, 0.5) is 4.39 Å². The van der Waals surface area contributed by atoms with Gasteiger partial charge in [-0.05, 0) is 53.5 Å². The SMILES string of the molecule is CCc1ccc(C(C)C(C)c2ccc(CC)c(F)c2)cn1. The summed E-state index contributed by atoms with van der Waals surface area (Å²) in [6, 6.07) is 9.88. The highest BCUT2D eigenvalue weighted by atomic mass is 19.1. The standard InChI is InChI=1S/C19H24FN/c1-5-15-7-8-16(11-19(15)20)13(3)14(4)17-9-10-18(6-2)21-12-17/h7-14H,5-6H2,1-4H3. The molecule has 2 heteroatoms. The fourth-order valence-electron chi connectivity index (χ4n) is 2.63. The highest BCUT2D eigenvalue weighted by molar-refractivity contribution is 5.30. The molecule has 0 aliphatic heterocycles. The molecule has 0 saturated heterocycles. The van der Waals surface area contributed by atoms with Gasteiger partial charge in [-0.2, -0.15) is 0 Å². The van der Waals surface area contributed by atoms with Crippen LogP contribution in [0.5, 0.6) is 0 Å². The third-order valence-corrected chi connectivity index (χ3v) is 4.47. The van der Waals surface area contributed by atoms with Gasteiger partial charge in [-0.1, -0.05) is 45.9 Å². The average molecular weight is 285 g/mol. The van der Waals surface area contributed by atoms with Crippen LogP contribution in [0.25, 0.3) is 0 Å². The average Bonchev–Trinajstić information content (AvgIpc) is 2.53. The van der Waals surface area contributed by atoms with Gasteiger partial charge >= 0.3 is 0 Å². The van der Waals surface area contributed by atoms with E-state index < -0.39 is 0 Å². The smallest absolute Gasteiger partial charge is 0.126 e. The van der Waals surface area contributed by atoms with Gasteiger partial charge in [0.2, 0.25) is 0 Å². The Morgan fingerprint density at radius 3 is 2.14 bits per heavy atom. The molecule has 1 nitrogen and oxygen atoms in total. The monoisotopic (exact) mass is 285 g/mol. The van der Waals surface area contributed by atoms with E-state index in [9.17, 15) is 4.39 Å². The molecule has 0 N–H and O–H groups in total. The van der Waals surface area contributed by atoms with E-state index in [2.05, 4.69) is 44.0 Å². The summed E-state index contributed by atoms with van der Waals surface area (Å²) in [5.74, 6) is 0.489. The second kappa shape index (κ2) is 6.84. The molecule has 2 unspecified atom stereocenters. The van der Waals surface area contributed by atoms with E-state index in [1.54, 1.807) is 6.07 Å². The normalized spacial score (nSPS) is 14.0. The van der Waals surface area contributed by atoms with E-state index in [-0.39, 0.29) is 11.7 Å². The molecule has 0 fully saturated rings. The zero-order chi connectivity index (χ0) is 15.4. The van der Waals surface area contributed by atoms with Gasteiger partial charge in [0.05, 0.1) is 0 Å². The molecule has 0 saturated carbocycles. The van der Waals surface area contributed by atoms with Gasteiger partial charge in [-0.3, -0.25) is 4.98 Å². The minimum Gasteiger partial charge on any atom is -0.261 e. The fourth-order valence-corrected chi connectivity index (χ4v) is 2.63. The van der Waals surface area contributed by atoms with E-state index in [4.69, 9.17) is 0 Å². The molecule has 112 valence electrons. The first-order valence-corrected chi connectivity index (χ1v) is 7.79. The molecule has 1 aromatic heterocycles. The lowest BCUT2D eigenvalue weighted by Gasteiger charge is -2.21. The molecule has 2 aromatic rings.